The summed E-state index contributed by atoms with van der Waals surface area (Å²) in [5.41, 5.74) is -3.20. The number of nitrogens with zero attached hydrogens (tertiary/aromatic N) is 1. The van der Waals surface area contributed by atoms with Crippen LogP contribution in [0.4, 0.5) is 8.78 Å². The van der Waals surface area contributed by atoms with Crippen LogP contribution in [0.3, 0.4) is 0 Å². The Balaban J connectivity index is 2.68. The van der Waals surface area contributed by atoms with E-state index in [9.17, 15) is 26.8 Å². The second kappa shape index (κ2) is 5.84. The monoisotopic (exact) mass is 330 g/mol. The number of aromatic nitrogens is 2. The molecule has 1 heterocycles. The number of halogens is 2. The molecule has 0 saturated carbocycles. The first-order valence-electron chi connectivity index (χ1n) is 6.12. The summed E-state index contributed by atoms with van der Waals surface area (Å²) in [6, 6.07) is 7.83. The highest BCUT2D eigenvalue weighted by Gasteiger charge is 2.29. The van der Waals surface area contributed by atoms with Crippen molar-refractivity contribution < 1.29 is 17.2 Å². The third kappa shape index (κ3) is 2.98. The SMILES string of the molecule is Cn1c(=O)[nH]c(C(F)F)c(S(=O)(=O)Cc2ccccc2)c1=O. The molecule has 2 aromatic rings. The van der Waals surface area contributed by atoms with Crippen LogP contribution in [0.1, 0.15) is 17.7 Å². The standard InChI is InChI=1S/C13H12F2N2O4S/c1-17-12(18)10(9(11(14)15)16-13(17)19)22(20,21)7-8-5-3-2-4-6-8/h2-6,11H,7H2,1H3,(H,16,19). The van der Waals surface area contributed by atoms with E-state index >= 15 is 0 Å². The van der Waals surface area contributed by atoms with E-state index in [0.29, 0.717) is 10.1 Å². The first kappa shape index (κ1) is 16.1. The Bertz CT molecular complexity index is 902. The quantitative estimate of drug-likeness (QED) is 0.905. The summed E-state index contributed by atoms with van der Waals surface area (Å²) in [7, 11) is -3.33. The number of rotatable bonds is 4. The molecule has 0 aliphatic rings. The summed E-state index contributed by atoms with van der Waals surface area (Å²) in [4.78, 5) is 24.0. The maximum Gasteiger partial charge on any atom is 0.328 e. The lowest BCUT2D eigenvalue weighted by Crippen LogP contribution is -2.38. The number of H-pyrrole nitrogens is 1. The van der Waals surface area contributed by atoms with Gasteiger partial charge in [-0.05, 0) is 5.56 Å². The number of benzene rings is 1. The van der Waals surface area contributed by atoms with Crippen molar-refractivity contribution in [1.82, 2.24) is 9.55 Å². The van der Waals surface area contributed by atoms with Gasteiger partial charge in [-0.2, -0.15) is 0 Å². The van der Waals surface area contributed by atoms with E-state index in [2.05, 4.69) is 0 Å². The van der Waals surface area contributed by atoms with Crippen LogP contribution in [-0.4, -0.2) is 18.0 Å². The molecule has 1 N–H and O–H groups in total. The van der Waals surface area contributed by atoms with E-state index in [-0.39, 0.29) is 0 Å². The minimum atomic E-state index is -4.34. The lowest BCUT2D eigenvalue weighted by Gasteiger charge is -2.10. The van der Waals surface area contributed by atoms with E-state index in [1.807, 2.05) is 0 Å². The number of alkyl halides is 2. The van der Waals surface area contributed by atoms with Crippen molar-refractivity contribution in [2.45, 2.75) is 17.1 Å². The normalized spacial score (nSPS) is 11.8. The van der Waals surface area contributed by atoms with Crippen molar-refractivity contribution in [1.29, 1.82) is 0 Å². The van der Waals surface area contributed by atoms with Crippen LogP contribution in [0.25, 0.3) is 0 Å². The van der Waals surface area contributed by atoms with Gasteiger partial charge in [-0.15, -0.1) is 0 Å². The molecule has 0 radical (unpaired) electrons. The minimum Gasteiger partial charge on any atom is -0.305 e. The van der Waals surface area contributed by atoms with E-state index < -0.39 is 43.9 Å². The van der Waals surface area contributed by atoms with Crippen LogP contribution in [0.15, 0.2) is 44.8 Å². The minimum absolute atomic E-state index is 0.343. The highest BCUT2D eigenvalue weighted by atomic mass is 32.2. The van der Waals surface area contributed by atoms with Crippen molar-refractivity contribution in [2.75, 3.05) is 0 Å². The third-order valence-corrected chi connectivity index (χ3v) is 4.75. The molecule has 0 aliphatic carbocycles. The van der Waals surface area contributed by atoms with E-state index in [1.165, 1.54) is 12.1 Å². The smallest absolute Gasteiger partial charge is 0.305 e. The van der Waals surface area contributed by atoms with Gasteiger partial charge < -0.3 is 4.98 Å². The lowest BCUT2D eigenvalue weighted by molar-refractivity contribution is 0.141. The van der Waals surface area contributed by atoms with Gasteiger partial charge in [0, 0.05) is 7.05 Å². The van der Waals surface area contributed by atoms with Gasteiger partial charge in [0.1, 0.15) is 5.69 Å². The van der Waals surface area contributed by atoms with Gasteiger partial charge in [-0.25, -0.2) is 22.0 Å². The Labute approximate surface area is 124 Å². The second-order valence-electron chi connectivity index (χ2n) is 4.58. The van der Waals surface area contributed by atoms with Crippen molar-refractivity contribution in [2.24, 2.45) is 7.05 Å². The highest BCUT2D eigenvalue weighted by Crippen LogP contribution is 2.23. The molecule has 0 aliphatic heterocycles. The second-order valence-corrected chi connectivity index (χ2v) is 6.51. The van der Waals surface area contributed by atoms with Crippen LogP contribution in [0.2, 0.25) is 0 Å². The van der Waals surface area contributed by atoms with Gasteiger partial charge in [-0.3, -0.25) is 9.36 Å². The predicted octanol–water partition coefficient (Wildman–Crippen LogP) is 0.985. The molecule has 2 rings (SSSR count). The molecular formula is C13H12F2N2O4S. The summed E-state index contributed by atoms with van der Waals surface area (Å²) >= 11 is 0. The molecule has 9 heteroatoms. The number of hydrogen-bond donors (Lipinski definition) is 1. The molecule has 0 fully saturated rings. The van der Waals surface area contributed by atoms with Crippen LogP contribution in [0, 0.1) is 0 Å². The largest absolute Gasteiger partial charge is 0.328 e. The van der Waals surface area contributed by atoms with E-state index in [1.54, 1.807) is 23.2 Å². The van der Waals surface area contributed by atoms with Crippen LogP contribution < -0.4 is 11.2 Å². The van der Waals surface area contributed by atoms with Gasteiger partial charge in [0.05, 0.1) is 5.75 Å². The molecule has 1 aromatic carbocycles. The fourth-order valence-electron chi connectivity index (χ4n) is 1.94. The molecule has 0 saturated heterocycles. The number of sulfone groups is 1. The average Bonchev–Trinajstić information content (AvgIpc) is 2.44. The predicted molar refractivity (Wildman–Crippen MR) is 74.6 cm³/mol. The molecule has 0 spiro atoms. The summed E-state index contributed by atoms with van der Waals surface area (Å²) in [6.07, 6.45) is -3.29. The van der Waals surface area contributed by atoms with Crippen molar-refractivity contribution in [3.05, 3.63) is 62.4 Å². The Morgan fingerprint density at radius 2 is 1.77 bits per heavy atom. The fraction of sp³-hybridized carbons (Fsp3) is 0.231. The molecule has 0 bridgehead atoms. The van der Waals surface area contributed by atoms with Crippen LogP contribution in [-0.2, 0) is 22.6 Å². The Morgan fingerprint density at radius 1 is 1.18 bits per heavy atom. The first-order chi connectivity index (χ1) is 10.2. The van der Waals surface area contributed by atoms with E-state index in [0.717, 1.165) is 7.05 Å². The Kier molecular flexibility index (Phi) is 4.27. The molecule has 118 valence electrons. The summed E-state index contributed by atoms with van der Waals surface area (Å²) < 4.78 is 51.1. The van der Waals surface area contributed by atoms with Crippen LogP contribution in [0.5, 0.6) is 0 Å². The number of nitrogens with one attached hydrogen (secondary N) is 1. The van der Waals surface area contributed by atoms with Crippen molar-refractivity contribution >= 4 is 9.84 Å². The van der Waals surface area contributed by atoms with Crippen molar-refractivity contribution in [3.8, 4) is 0 Å². The zero-order valence-electron chi connectivity index (χ0n) is 11.4. The summed E-state index contributed by atoms with van der Waals surface area (Å²) in [5, 5.41) is 0. The van der Waals surface area contributed by atoms with Gasteiger partial charge in [-0.1, -0.05) is 30.3 Å². The average molecular weight is 330 g/mol. The molecular weight excluding hydrogens is 318 g/mol. The Morgan fingerprint density at radius 3 is 2.32 bits per heavy atom. The molecule has 6 nitrogen and oxygen atoms in total. The molecule has 22 heavy (non-hydrogen) atoms. The topological polar surface area (TPSA) is 89.0 Å². The summed E-state index contributed by atoms with van der Waals surface area (Å²) in [6.45, 7) is 0. The van der Waals surface area contributed by atoms with Crippen molar-refractivity contribution in [3.63, 3.8) is 0 Å². The van der Waals surface area contributed by atoms with E-state index in [4.69, 9.17) is 0 Å². The van der Waals surface area contributed by atoms with Gasteiger partial charge in [0.15, 0.2) is 14.7 Å². The first-order valence-corrected chi connectivity index (χ1v) is 7.77. The van der Waals surface area contributed by atoms with Gasteiger partial charge >= 0.3 is 5.69 Å². The zero-order chi connectivity index (χ0) is 16.5. The highest BCUT2D eigenvalue weighted by molar-refractivity contribution is 7.90. The Hall–Kier alpha value is -2.29. The van der Waals surface area contributed by atoms with Gasteiger partial charge in [0.25, 0.3) is 12.0 Å². The van der Waals surface area contributed by atoms with Gasteiger partial charge in [0.2, 0.25) is 0 Å². The molecule has 1 aromatic heterocycles. The fourth-order valence-corrected chi connectivity index (χ4v) is 3.59. The maximum absolute atomic E-state index is 13.0. The summed E-state index contributed by atoms with van der Waals surface area (Å²) in [5.74, 6) is -0.616. The zero-order valence-corrected chi connectivity index (χ0v) is 12.2. The number of hydrogen-bond acceptors (Lipinski definition) is 4. The van der Waals surface area contributed by atoms with Crippen LogP contribution >= 0.6 is 0 Å². The molecule has 0 unspecified atom stereocenters. The third-order valence-electron chi connectivity index (χ3n) is 3.02. The number of aromatic amines is 1. The maximum atomic E-state index is 13.0. The lowest BCUT2D eigenvalue weighted by atomic mass is 10.2. The molecule has 0 amide bonds. The molecule has 0 atom stereocenters.